The van der Waals surface area contributed by atoms with E-state index >= 15 is 0 Å². The van der Waals surface area contributed by atoms with Crippen LogP contribution in [-0.4, -0.2) is 29.8 Å². The van der Waals surface area contributed by atoms with Crippen LogP contribution in [0, 0.1) is 18.7 Å². The second-order valence-corrected chi connectivity index (χ2v) is 12.6. The molecule has 5 nitrogen and oxygen atoms in total. The molecule has 0 aliphatic heterocycles. The molecule has 1 N–H and O–H groups in total. The summed E-state index contributed by atoms with van der Waals surface area (Å²) in [5.41, 5.74) is 5.72. The van der Waals surface area contributed by atoms with Gasteiger partial charge in [0.25, 0.3) is 0 Å². The van der Waals surface area contributed by atoms with Gasteiger partial charge in [-0.25, -0.2) is 9.18 Å². The number of aryl methyl sites for hydroxylation is 1. The molecule has 0 fully saturated rings. The second-order valence-electron chi connectivity index (χ2n) is 12.6. The van der Waals surface area contributed by atoms with Gasteiger partial charge in [-0.1, -0.05) is 85.5 Å². The number of unbranched alkanes of at least 4 members (excludes halogenated alkanes) is 1. The number of nitrogens with one attached hydrogen (secondary N) is 1. The molecule has 0 spiro atoms. The van der Waals surface area contributed by atoms with Crippen LogP contribution >= 0.6 is 0 Å². The number of allylic oxidation sites excluding steroid dienone is 3. The zero-order valence-electron chi connectivity index (χ0n) is 26.6. The summed E-state index contributed by atoms with van der Waals surface area (Å²) < 4.78 is 19.7. The van der Waals surface area contributed by atoms with Gasteiger partial charge in [0.2, 0.25) is 0 Å². The van der Waals surface area contributed by atoms with Gasteiger partial charge in [-0.05, 0) is 86.9 Å². The molecule has 234 valence electrons. The molecule has 0 saturated carbocycles. The molecule has 1 aliphatic rings. The Morgan fingerprint density at radius 3 is 2.44 bits per heavy atom. The minimum absolute atomic E-state index is 0.00733. The Bertz CT molecular complexity index is 1630. The minimum atomic E-state index is -0.541. The fraction of sp³-hybridized carbons (Fsp3) is 0.308. The maximum absolute atomic E-state index is 14.5. The van der Waals surface area contributed by atoms with E-state index in [9.17, 15) is 18.8 Å². The Hall–Kier alpha value is -4.58. The molecule has 2 unspecified atom stereocenters. The van der Waals surface area contributed by atoms with Gasteiger partial charge in [0.05, 0.1) is 0 Å². The maximum Gasteiger partial charge on any atom is 0.407 e. The first-order valence-electron chi connectivity index (χ1n) is 15.4. The first-order chi connectivity index (χ1) is 21.4. The molecule has 0 aromatic heterocycles. The van der Waals surface area contributed by atoms with Crippen molar-refractivity contribution in [3.8, 4) is 11.1 Å². The van der Waals surface area contributed by atoms with E-state index in [4.69, 9.17) is 4.74 Å². The third-order valence-electron chi connectivity index (χ3n) is 7.93. The molecule has 4 rings (SSSR count). The van der Waals surface area contributed by atoms with E-state index in [1.807, 2.05) is 75.4 Å². The molecule has 1 amide bonds. The number of rotatable bonds is 11. The second kappa shape index (κ2) is 14.5. The molecule has 0 heterocycles. The summed E-state index contributed by atoms with van der Waals surface area (Å²) in [6.45, 7) is 15.7. The van der Waals surface area contributed by atoms with Crippen molar-refractivity contribution >= 4 is 23.7 Å². The largest absolute Gasteiger partial charge is 0.444 e. The lowest BCUT2D eigenvalue weighted by Gasteiger charge is -2.28. The van der Waals surface area contributed by atoms with Gasteiger partial charge in [-0.2, -0.15) is 0 Å². The summed E-state index contributed by atoms with van der Waals surface area (Å²) in [6, 6.07) is 19.2. The molecule has 45 heavy (non-hydrogen) atoms. The van der Waals surface area contributed by atoms with Gasteiger partial charge in [0.1, 0.15) is 11.4 Å². The fourth-order valence-electron chi connectivity index (χ4n) is 5.56. The fourth-order valence-corrected chi connectivity index (χ4v) is 5.56. The van der Waals surface area contributed by atoms with Gasteiger partial charge >= 0.3 is 6.09 Å². The van der Waals surface area contributed by atoms with Gasteiger partial charge < -0.3 is 10.1 Å². The molecule has 3 aromatic rings. The number of Topliss-reactive ketones (excluding diaryl/α,β-unsaturated/α-hetero) is 1. The highest BCUT2D eigenvalue weighted by Crippen LogP contribution is 2.37. The number of benzene rings is 3. The van der Waals surface area contributed by atoms with E-state index in [0.29, 0.717) is 48.9 Å². The molecule has 3 aromatic carbocycles. The van der Waals surface area contributed by atoms with E-state index in [1.165, 1.54) is 6.08 Å². The Morgan fingerprint density at radius 1 is 1.02 bits per heavy atom. The summed E-state index contributed by atoms with van der Waals surface area (Å²) in [4.78, 5) is 37.5. The average molecular weight is 608 g/mol. The van der Waals surface area contributed by atoms with Crippen LogP contribution in [0.1, 0.15) is 78.6 Å². The van der Waals surface area contributed by atoms with Crippen LogP contribution < -0.4 is 5.32 Å². The normalized spacial score (nSPS) is 16.4. The zero-order valence-corrected chi connectivity index (χ0v) is 26.6. The van der Waals surface area contributed by atoms with Gasteiger partial charge in [0.15, 0.2) is 11.6 Å². The molecule has 0 radical (unpaired) electrons. The van der Waals surface area contributed by atoms with Crippen molar-refractivity contribution in [3.05, 3.63) is 125 Å². The number of amides is 1. The molecule has 6 heteroatoms. The van der Waals surface area contributed by atoms with E-state index in [1.54, 1.807) is 19.1 Å². The first-order valence-corrected chi connectivity index (χ1v) is 15.4. The minimum Gasteiger partial charge on any atom is -0.444 e. The number of ether oxygens (including phenoxy) is 1. The number of hydrogen-bond acceptors (Lipinski definition) is 4. The lowest BCUT2D eigenvalue weighted by molar-refractivity contribution is -0.117. The summed E-state index contributed by atoms with van der Waals surface area (Å²) >= 11 is 0. The van der Waals surface area contributed by atoms with E-state index in [2.05, 4.69) is 24.5 Å². The first kappa shape index (κ1) is 33.3. The molecule has 0 saturated heterocycles. The highest BCUT2D eigenvalue weighted by Gasteiger charge is 2.30. The average Bonchev–Trinajstić information content (AvgIpc) is 2.99. The molecular formula is C39H42FNO4. The van der Waals surface area contributed by atoms with Crippen LogP contribution in [0.25, 0.3) is 17.2 Å². The molecule has 0 bridgehead atoms. The lowest BCUT2D eigenvalue weighted by atomic mass is 9.75. The Labute approximate surface area is 265 Å². The number of ketones is 2. The number of carbonyl (C=O) groups is 3. The number of alkyl carbamates (subject to hydrolysis) is 1. The predicted octanol–water partition coefficient (Wildman–Crippen LogP) is 8.96. The van der Waals surface area contributed by atoms with Gasteiger partial charge in [-0.3, -0.25) is 9.59 Å². The highest BCUT2D eigenvalue weighted by atomic mass is 19.1. The predicted molar refractivity (Wildman–Crippen MR) is 179 cm³/mol. The smallest absolute Gasteiger partial charge is 0.407 e. The highest BCUT2D eigenvalue weighted by molar-refractivity contribution is 5.97. The van der Waals surface area contributed by atoms with Crippen LogP contribution in [0.2, 0.25) is 0 Å². The SMILES string of the molecule is C=Cc1cc(C2C=CC(=O)C(Cc3cccc(-c4ccc(C(=O)CCCCNC(=O)OC(C)(C)C)cc4)c3)C2=C)cc(C)c1F. The van der Waals surface area contributed by atoms with Crippen molar-refractivity contribution in [2.45, 2.75) is 64.9 Å². The van der Waals surface area contributed by atoms with Crippen LogP contribution in [0.4, 0.5) is 9.18 Å². The summed E-state index contributed by atoms with van der Waals surface area (Å²) in [6.07, 6.45) is 6.76. The van der Waals surface area contributed by atoms with Crippen molar-refractivity contribution in [2.24, 2.45) is 5.92 Å². The number of halogens is 1. The quantitative estimate of drug-likeness (QED) is 0.134. The van der Waals surface area contributed by atoms with Crippen molar-refractivity contribution < 1.29 is 23.5 Å². The number of carbonyl (C=O) groups excluding carboxylic acids is 3. The Kier molecular flexibility index (Phi) is 10.7. The van der Waals surface area contributed by atoms with Crippen LogP contribution in [-0.2, 0) is 16.0 Å². The van der Waals surface area contributed by atoms with Crippen molar-refractivity contribution in [1.29, 1.82) is 0 Å². The lowest BCUT2D eigenvalue weighted by Crippen LogP contribution is -2.33. The summed E-state index contributed by atoms with van der Waals surface area (Å²) in [5.74, 6) is -0.813. The zero-order chi connectivity index (χ0) is 32.7. The van der Waals surface area contributed by atoms with Crippen LogP contribution in [0.15, 0.2) is 91.5 Å². The van der Waals surface area contributed by atoms with Gasteiger partial charge in [-0.15, -0.1) is 0 Å². The standard InChI is InChI=1S/C39H42FNO4/c1-7-28-24-32(21-25(2)37(28)40)33-18-19-36(43)34(26(33)3)23-27-11-10-12-31(22-27)29-14-16-30(17-15-29)35(42)13-8-9-20-41-38(44)45-39(4,5)6/h7,10-12,14-19,21-22,24,33-34H,1,3,8-9,13,20,23H2,2,4-6H3,(H,41,44). The third-order valence-corrected chi connectivity index (χ3v) is 7.93. The van der Waals surface area contributed by atoms with E-state index < -0.39 is 17.6 Å². The summed E-state index contributed by atoms with van der Waals surface area (Å²) in [7, 11) is 0. The van der Waals surface area contributed by atoms with Gasteiger partial charge in [0, 0.05) is 35.9 Å². The Balaban J connectivity index is 1.37. The monoisotopic (exact) mass is 607 g/mol. The summed E-state index contributed by atoms with van der Waals surface area (Å²) in [5, 5.41) is 2.72. The molecular weight excluding hydrogens is 565 g/mol. The van der Waals surface area contributed by atoms with Crippen molar-refractivity contribution in [1.82, 2.24) is 5.32 Å². The Morgan fingerprint density at radius 2 is 1.76 bits per heavy atom. The topological polar surface area (TPSA) is 72.5 Å². The van der Waals surface area contributed by atoms with Crippen molar-refractivity contribution in [3.63, 3.8) is 0 Å². The van der Waals surface area contributed by atoms with E-state index in [0.717, 1.165) is 27.8 Å². The van der Waals surface area contributed by atoms with E-state index in [-0.39, 0.29) is 23.3 Å². The third kappa shape index (κ3) is 8.75. The maximum atomic E-state index is 14.5. The van der Waals surface area contributed by atoms with Crippen LogP contribution in [0.5, 0.6) is 0 Å². The molecule has 2 atom stereocenters. The number of hydrogen-bond donors (Lipinski definition) is 1. The molecule has 1 aliphatic carbocycles. The van der Waals surface area contributed by atoms with Crippen molar-refractivity contribution in [2.75, 3.05) is 6.54 Å². The van der Waals surface area contributed by atoms with Crippen LogP contribution in [0.3, 0.4) is 0 Å².